The molecule has 0 aliphatic carbocycles. The molecule has 0 atom stereocenters. The zero-order valence-electron chi connectivity index (χ0n) is 20.1. The van der Waals surface area contributed by atoms with Gasteiger partial charge in [0.05, 0.1) is 10.2 Å². The summed E-state index contributed by atoms with van der Waals surface area (Å²) >= 11 is 3.59. The summed E-state index contributed by atoms with van der Waals surface area (Å²) in [5, 5.41) is 4.86. The van der Waals surface area contributed by atoms with E-state index in [-0.39, 0.29) is 6.09 Å². The first-order chi connectivity index (χ1) is 16.2. The summed E-state index contributed by atoms with van der Waals surface area (Å²) in [4.78, 5) is 16.3. The van der Waals surface area contributed by atoms with E-state index >= 15 is 0 Å². The molecule has 2 heterocycles. The Bertz CT molecular complexity index is 1130. The van der Waals surface area contributed by atoms with E-state index in [4.69, 9.17) is 14.6 Å². The second-order valence-electron chi connectivity index (χ2n) is 9.40. The zero-order chi connectivity index (χ0) is 24.3. The highest BCUT2D eigenvalue weighted by molar-refractivity contribution is 9.10. The number of piperazine rings is 1. The van der Waals surface area contributed by atoms with Crippen molar-refractivity contribution in [2.24, 2.45) is 0 Å². The lowest BCUT2D eigenvalue weighted by molar-refractivity contribution is 0.0240. The highest BCUT2D eigenvalue weighted by Gasteiger charge is 2.27. The van der Waals surface area contributed by atoms with Gasteiger partial charge in [0.25, 0.3) is 0 Å². The fourth-order valence-corrected chi connectivity index (χ4v) is 4.15. The largest absolute Gasteiger partial charge is 0.488 e. The van der Waals surface area contributed by atoms with Gasteiger partial charge in [-0.05, 0) is 61.3 Å². The molecule has 0 spiro atoms. The van der Waals surface area contributed by atoms with Crippen molar-refractivity contribution in [1.82, 2.24) is 14.7 Å². The average Bonchev–Trinajstić information content (AvgIpc) is 3.20. The van der Waals surface area contributed by atoms with Crippen molar-refractivity contribution in [3.8, 4) is 11.4 Å². The van der Waals surface area contributed by atoms with Gasteiger partial charge in [-0.2, -0.15) is 5.10 Å². The summed E-state index contributed by atoms with van der Waals surface area (Å²) in [6.45, 7) is 10.8. The maximum absolute atomic E-state index is 12.4. The predicted molar refractivity (Wildman–Crippen MR) is 137 cm³/mol. The molecule has 4 rings (SSSR count). The van der Waals surface area contributed by atoms with Crippen molar-refractivity contribution >= 4 is 27.8 Å². The lowest BCUT2D eigenvalue weighted by Crippen LogP contribution is -2.50. The highest BCUT2D eigenvalue weighted by atomic mass is 79.9. The number of rotatable bonds is 5. The van der Waals surface area contributed by atoms with E-state index in [0.29, 0.717) is 32.8 Å². The lowest BCUT2D eigenvalue weighted by atomic mass is 10.2. The zero-order valence-corrected chi connectivity index (χ0v) is 21.7. The molecule has 0 unspecified atom stereocenters. The first-order valence-corrected chi connectivity index (χ1v) is 12.2. The first-order valence-electron chi connectivity index (χ1n) is 11.5. The number of amides is 1. The monoisotopic (exact) mass is 526 g/mol. The summed E-state index contributed by atoms with van der Waals surface area (Å²) in [7, 11) is 0. The molecule has 0 radical (unpaired) electrons. The van der Waals surface area contributed by atoms with Gasteiger partial charge >= 0.3 is 6.09 Å². The smallest absolute Gasteiger partial charge is 0.410 e. The van der Waals surface area contributed by atoms with Crippen LogP contribution in [-0.2, 0) is 11.3 Å². The van der Waals surface area contributed by atoms with Gasteiger partial charge < -0.3 is 19.3 Å². The molecule has 0 N–H and O–H groups in total. The van der Waals surface area contributed by atoms with Crippen molar-refractivity contribution in [3.05, 3.63) is 70.3 Å². The molecule has 1 fully saturated rings. The molecule has 1 aliphatic rings. The lowest BCUT2D eigenvalue weighted by Gasteiger charge is -2.35. The van der Waals surface area contributed by atoms with E-state index in [1.54, 1.807) is 4.90 Å². The average molecular weight is 527 g/mol. The van der Waals surface area contributed by atoms with Crippen LogP contribution in [0.5, 0.6) is 5.75 Å². The van der Waals surface area contributed by atoms with Crippen molar-refractivity contribution in [1.29, 1.82) is 0 Å². The molecule has 3 aromatic rings. The molecule has 0 bridgehead atoms. The minimum absolute atomic E-state index is 0.258. The van der Waals surface area contributed by atoms with Crippen LogP contribution in [0.2, 0.25) is 0 Å². The first kappa shape index (κ1) is 24.1. The molecule has 1 aromatic heterocycles. The Kier molecular flexibility index (Phi) is 7.16. The molecule has 0 saturated carbocycles. The number of anilines is 1. The Balaban J connectivity index is 1.44. The number of carbonyl (C=O) groups is 1. The van der Waals surface area contributed by atoms with Crippen LogP contribution in [0.3, 0.4) is 0 Å². The number of hydrogen-bond donors (Lipinski definition) is 0. The summed E-state index contributed by atoms with van der Waals surface area (Å²) in [5.74, 6) is 1.67. The van der Waals surface area contributed by atoms with Gasteiger partial charge in [0, 0.05) is 44.0 Å². The van der Waals surface area contributed by atoms with E-state index in [0.717, 1.165) is 33.0 Å². The third-order valence-electron chi connectivity index (χ3n) is 5.53. The third-order valence-corrected chi connectivity index (χ3v) is 6.18. The predicted octanol–water partition coefficient (Wildman–Crippen LogP) is 5.58. The fraction of sp³-hybridized carbons (Fsp3) is 0.385. The molecule has 34 heavy (non-hydrogen) atoms. The number of aryl methyl sites for hydroxylation is 1. The van der Waals surface area contributed by atoms with Crippen LogP contribution >= 0.6 is 15.9 Å². The number of benzene rings is 2. The molecule has 1 saturated heterocycles. The number of hydrogen-bond acceptors (Lipinski definition) is 5. The fourth-order valence-electron chi connectivity index (χ4n) is 3.79. The minimum Gasteiger partial charge on any atom is -0.488 e. The van der Waals surface area contributed by atoms with Gasteiger partial charge in [-0.3, -0.25) is 0 Å². The Labute approximate surface area is 209 Å². The van der Waals surface area contributed by atoms with Crippen LogP contribution in [-0.4, -0.2) is 52.6 Å². The van der Waals surface area contributed by atoms with E-state index < -0.39 is 5.60 Å². The molecule has 7 nitrogen and oxygen atoms in total. The maximum atomic E-state index is 12.4. The molecule has 180 valence electrons. The van der Waals surface area contributed by atoms with Gasteiger partial charge in [-0.1, -0.05) is 30.3 Å². The van der Waals surface area contributed by atoms with Crippen LogP contribution in [0.25, 0.3) is 5.69 Å². The van der Waals surface area contributed by atoms with Crippen molar-refractivity contribution in [2.75, 3.05) is 31.1 Å². The van der Waals surface area contributed by atoms with Crippen molar-refractivity contribution in [3.63, 3.8) is 0 Å². The summed E-state index contributed by atoms with van der Waals surface area (Å²) in [5.41, 5.74) is 2.59. The molecule has 8 heteroatoms. The second kappa shape index (κ2) is 10.1. The summed E-state index contributed by atoms with van der Waals surface area (Å²) in [6, 6.07) is 18.2. The molecular weight excluding hydrogens is 496 g/mol. The number of aromatic nitrogens is 2. The SMILES string of the molecule is Cc1cc(N2CCN(C(=O)OC(C)(C)C)CC2)nn1-c1ccc(Br)c(OCc2ccccc2)c1. The Morgan fingerprint density at radius 1 is 1.03 bits per heavy atom. The highest BCUT2D eigenvalue weighted by Crippen LogP contribution is 2.30. The maximum Gasteiger partial charge on any atom is 0.410 e. The quantitative estimate of drug-likeness (QED) is 0.434. The number of ether oxygens (including phenoxy) is 2. The van der Waals surface area contributed by atoms with Crippen molar-refractivity contribution < 1.29 is 14.3 Å². The second-order valence-corrected chi connectivity index (χ2v) is 10.3. The summed E-state index contributed by atoms with van der Waals surface area (Å²) in [6.07, 6.45) is -0.258. The Morgan fingerprint density at radius 3 is 2.41 bits per heavy atom. The van der Waals surface area contributed by atoms with Crippen LogP contribution in [0, 0.1) is 6.92 Å². The van der Waals surface area contributed by atoms with Crippen LogP contribution in [0.15, 0.2) is 59.1 Å². The van der Waals surface area contributed by atoms with E-state index in [1.165, 1.54) is 0 Å². The minimum atomic E-state index is -0.488. The van der Waals surface area contributed by atoms with E-state index in [1.807, 2.05) is 80.9 Å². The Morgan fingerprint density at radius 2 is 1.74 bits per heavy atom. The topological polar surface area (TPSA) is 59.8 Å². The van der Waals surface area contributed by atoms with E-state index in [2.05, 4.69) is 26.9 Å². The third kappa shape index (κ3) is 5.91. The number of carbonyl (C=O) groups excluding carboxylic acids is 1. The molecular formula is C26H31BrN4O3. The van der Waals surface area contributed by atoms with Gasteiger partial charge in [0.2, 0.25) is 0 Å². The number of nitrogens with zero attached hydrogens (tertiary/aromatic N) is 4. The normalized spacial score (nSPS) is 14.3. The van der Waals surface area contributed by atoms with Crippen LogP contribution in [0.4, 0.5) is 10.6 Å². The molecule has 1 amide bonds. The van der Waals surface area contributed by atoms with Gasteiger partial charge in [-0.25, -0.2) is 9.48 Å². The van der Waals surface area contributed by atoms with Gasteiger partial charge in [0.1, 0.15) is 18.0 Å². The van der Waals surface area contributed by atoms with Gasteiger partial charge in [-0.15, -0.1) is 0 Å². The number of halogens is 1. The standard InChI is InChI=1S/C26H31BrN4O3/c1-19-16-24(29-12-14-30(15-13-29)25(32)34-26(2,3)4)28-31(19)21-10-11-22(27)23(17-21)33-18-20-8-6-5-7-9-20/h5-11,16-17H,12-15,18H2,1-4H3. The molecule has 1 aliphatic heterocycles. The van der Waals surface area contributed by atoms with Gasteiger partial charge in [0.15, 0.2) is 5.82 Å². The van der Waals surface area contributed by atoms with E-state index in [9.17, 15) is 4.79 Å². The summed E-state index contributed by atoms with van der Waals surface area (Å²) < 4.78 is 14.4. The Hall–Kier alpha value is -3.00. The van der Waals surface area contributed by atoms with Crippen LogP contribution in [0.1, 0.15) is 32.0 Å². The van der Waals surface area contributed by atoms with Crippen molar-refractivity contribution in [2.45, 2.75) is 39.9 Å². The molecule has 2 aromatic carbocycles. The van der Waals surface area contributed by atoms with Crippen LogP contribution < -0.4 is 9.64 Å².